The molecule has 12 heavy (non-hydrogen) atoms. The van der Waals surface area contributed by atoms with Gasteiger partial charge in [-0.05, 0) is 39.3 Å². The summed E-state index contributed by atoms with van der Waals surface area (Å²) in [4.78, 5) is 2.61. The second-order valence-electron chi connectivity index (χ2n) is 3.38. The van der Waals surface area contributed by atoms with Crippen molar-refractivity contribution in [3.63, 3.8) is 0 Å². The molecule has 1 atom stereocenters. The zero-order valence-electron chi connectivity index (χ0n) is 8.27. The maximum Gasteiger partial charge on any atom is 0.00668 e. The average Bonchev–Trinajstić information content (AvgIpc) is 2.38. The molecular weight excluding hydrogens is 154 g/mol. The van der Waals surface area contributed by atoms with Crippen LogP contribution < -0.4 is 0 Å². The molecule has 1 rings (SSSR count). The van der Waals surface area contributed by atoms with E-state index in [-0.39, 0.29) is 11.0 Å². The van der Waals surface area contributed by atoms with Gasteiger partial charge in [0, 0.05) is 6.04 Å². The van der Waals surface area contributed by atoms with Gasteiger partial charge < -0.3 is 15.9 Å². The first-order valence-electron chi connectivity index (χ1n) is 4.58. The Hall–Kier alpha value is -0.120. The van der Waals surface area contributed by atoms with Crippen molar-refractivity contribution >= 4 is 0 Å². The van der Waals surface area contributed by atoms with Crippen LogP contribution in [0.15, 0.2) is 0 Å². The molecule has 76 valence electrons. The molecule has 0 bridgehead atoms. The largest absolute Gasteiger partial charge is 0.412 e. The second kappa shape index (κ2) is 7.53. The lowest BCUT2D eigenvalue weighted by Gasteiger charge is -2.22. The molecule has 0 saturated carbocycles. The Labute approximate surface area is 75.4 Å². The molecule has 3 nitrogen and oxygen atoms in total. The summed E-state index contributed by atoms with van der Waals surface area (Å²) in [5, 5.41) is 0. The summed E-state index contributed by atoms with van der Waals surface area (Å²) in [5.41, 5.74) is 0. The van der Waals surface area contributed by atoms with Crippen LogP contribution in [0.2, 0.25) is 0 Å². The van der Waals surface area contributed by atoms with E-state index in [0.717, 1.165) is 6.04 Å². The molecule has 1 heterocycles. The molecule has 4 N–H and O–H groups in total. The third-order valence-electron chi connectivity index (χ3n) is 2.47. The zero-order chi connectivity index (χ0) is 7.40. The first-order valence-corrected chi connectivity index (χ1v) is 4.58. The van der Waals surface area contributed by atoms with E-state index in [4.69, 9.17) is 0 Å². The Bertz CT molecular complexity index is 92.5. The Balaban J connectivity index is 0. The van der Waals surface area contributed by atoms with Crippen molar-refractivity contribution in [2.24, 2.45) is 0 Å². The average molecular weight is 177 g/mol. The Morgan fingerprint density at radius 2 is 1.67 bits per heavy atom. The normalized spacial score (nSPS) is 19.5. The van der Waals surface area contributed by atoms with Gasteiger partial charge in [0.15, 0.2) is 0 Å². The highest BCUT2D eigenvalue weighted by Crippen LogP contribution is 2.14. The van der Waals surface area contributed by atoms with Crippen molar-refractivity contribution in [3.8, 4) is 0 Å². The topological polar surface area (TPSA) is 66.2 Å². The molecule has 3 heteroatoms. The SMILES string of the molecule is CCCC(C)N1CCCC1.O.O. The molecule has 0 aromatic heterocycles. The van der Waals surface area contributed by atoms with Crippen molar-refractivity contribution in [2.45, 2.75) is 45.6 Å². The number of hydrogen-bond donors (Lipinski definition) is 0. The van der Waals surface area contributed by atoms with Crippen LogP contribution in [0.4, 0.5) is 0 Å². The van der Waals surface area contributed by atoms with E-state index in [2.05, 4.69) is 18.7 Å². The van der Waals surface area contributed by atoms with Crippen molar-refractivity contribution < 1.29 is 11.0 Å². The highest BCUT2D eigenvalue weighted by molar-refractivity contribution is 4.71. The smallest absolute Gasteiger partial charge is 0.00668 e. The monoisotopic (exact) mass is 177 g/mol. The van der Waals surface area contributed by atoms with E-state index in [1.807, 2.05) is 0 Å². The maximum atomic E-state index is 2.61. The first kappa shape index (κ1) is 14.4. The zero-order valence-corrected chi connectivity index (χ0v) is 8.27. The van der Waals surface area contributed by atoms with Gasteiger partial charge in [-0.25, -0.2) is 0 Å². The minimum atomic E-state index is 0. The summed E-state index contributed by atoms with van der Waals surface area (Å²) in [6.07, 6.45) is 5.56. The van der Waals surface area contributed by atoms with Gasteiger partial charge in [-0.1, -0.05) is 13.3 Å². The summed E-state index contributed by atoms with van der Waals surface area (Å²) >= 11 is 0. The quantitative estimate of drug-likeness (QED) is 0.623. The van der Waals surface area contributed by atoms with E-state index in [1.165, 1.54) is 38.8 Å². The molecule has 0 aromatic carbocycles. The summed E-state index contributed by atoms with van der Waals surface area (Å²) in [6, 6.07) is 0.840. The van der Waals surface area contributed by atoms with Crippen LogP contribution >= 0.6 is 0 Å². The summed E-state index contributed by atoms with van der Waals surface area (Å²) < 4.78 is 0. The van der Waals surface area contributed by atoms with Crippen LogP contribution in [-0.4, -0.2) is 35.0 Å². The lowest BCUT2D eigenvalue weighted by atomic mass is 10.2. The number of likely N-dealkylation sites (tertiary alicyclic amines) is 1. The van der Waals surface area contributed by atoms with Crippen LogP contribution in [0, 0.1) is 0 Å². The number of hydrogen-bond acceptors (Lipinski definition) is 1. The Kier molecular flexibility index (Phi) is 9.03. The van der Waals surface area contributed by atoms with Gasteiger partial charge >= 0.3 is 0 Å². The van der Waals surface area contributed by atoms with Crippen LogP contribution in [0.5, 0.6) is 0 Å². The predicted molar refractivity (Wildman–Crippen MR) is 52.4 cm³/mol. The van der Waals surface area contributed by atoms with Crippen LogP contribution in [0.25, 0.3) is 0 Å². The van der Waals surface area contributed by atoms with Gasteiger partial charge in [-0.2, -0.15) is 0 Å². The standard InChI is InChI=1S/C9H19N.2H2O/c1-3-6-9(2)10-7-4-5-8-10;;/h9H,3-8H2,1-2H3;2*1H2. The van der Waals surface area contributed by atoms with Crippen LogP contribution in [0.1, 0.15) is 39.5 Å². The second-order valence-corrected chi connectivity index (χ2v) is 3.38. The molecule has 0 aromatic rings. The lowest BCUT2D eigenvalue weighted by Crippen LogP contribution is -2.29. The van der Waals surface area contributed by atoms with Crippen molar-refractivity contribution in [1.29, 1.82) is 0 Å². The summed E-state index contributed by atoms with van der Waals surface area (Å²) in [7, 11) is 0. The fraction of sp³-hybridized carbons (Fsp3) is 1.00. The highest BCUT2D eigenvalue weighted by Gasteiger charge is 2.16. The molecule has 1 aliphatic heterocycles. The van der Waals surface area contributed by atoms with Crippen molar-refractivity contribution in [2.75, 3.05) is 13.1 Å². The highest BCUT2D eigenvalue weighted by atomic mass is 16.0. The van der Waals surface area contributed by atoms with Crippen molar-refractivity contribution in [3.05, 3.63) is 0 Å². The van der Waals surface area contributed by atoms with E-state index in [1.54, 1.807) is 0 Å². The van der Waals surface area contributed by atoms with E-state index in [9.17, 15) is 0 Å². The van der Waals surface area contributed by atoms with Gasteiger partial charge in [0.2, 0.25) is 0 Å². The third kappa shape index (κ3) is 4.04. The fourth-order valence-corrected chi connectivity index (χ4v) is 1.78. The molecule has 1 aliphatic rings. The molecule has 0 radical (unpaired) electrons. The Morgan fingerprint density at radius 1 is 1.17 bits per heavy atom. The van der Waals surface area contributed by atoms with Gasteiger partial charge in [0.25, 0.3) is 0 Å². The fourth-order valence-electron chi connectivity index (χ4n) is 1.78. The summed E-state index contributed by atoms with van der Waals surface area (Å²) in [6.45, 7) is 7.32. The molecule has 1 unspecified atom stereocenters. The Morgan fingerprint density at radius 3 is 2.08 bits per heavy atom. The van der Waals surface area contributed by atoms with E-state index in [0.29, 0.717) is 0 Å². The van der Waals surface area contributed by atoms with Gasteiger partial charge in [-0.15, -0.1) is 0 Å². The van der Waals surface area contributed by atoms with Gasteiger partial charge in [-0.3, -0.25) is 0 Å². The minimum absolute atomic E-state index is 0. The minimum Gasteiger partial charge on any atom is -0.412 e. The van der Waals surface area contributed by atoms with Crippen LogP contribution in [0.3, 0.4) is 0 Å². The molecule has 0 aliphatic carbocycles. The molecule has 1 saturated heterocycles. The van der Waals surface area contributed by atoms with Gasteiger partial charge in [0.1, 0.15) is 0 Å². The predicted octanol–water partition coefficient (Wildman–Crippen LogP) is 0.621. The third-order valence-corrected chi connectivity index (χ3v) is 2.47. The molecule has 0 amide bonds. The molecule has 1 fully saturated rings. The maximum absolute atomic E-state index is 2.61. The molecule has 0 spiro atoms. The van der Waals surface area contributed by atoms with E-state index >= 15 is 0 Å². The van der Waals surface area contributed by atoms with E-state index < -0.39 is 0 Å². The first-order chi connectivity index (χ1) is 4.84. The van der Waals surface area contributed by atoms with Crippen LogP contribution in [-0.2, 0) is 0 Å². The lowest BCUT2D eigenvalue weighted by molar-refractivity contribution is 0.246. The summed E-state index contributed by atoms with van der Waals surface area (Å²) in [5.74, 6) is 0. The van der Waals surface area contributed by atoms with Crippen molar-refractivity contribution in [1.82, 2.24) is 4.90 Å². The van der Waals surface area contributed by atoms with Gasteiger partial charge in [0.05, 0.1) is 0 Å². The molecular formula is C9H23NO2. The number of rotatable bonds is 3. The number of nitrogens with zero attached hydrogens (tertiary/aromatic N) is 1.